The van der Waals surface area contributed by atoms with Gasteiger partial charge in [-0.05, 0) is 86.1 Å². The SMILES string of the molecule is O=C(N[C@H]1C[C@@H]2C[C@@H]2C[C@H]2CC[C@@H](C(=O)N[C@@H]3CCN(c4cccnn4)C3)N2C1=O)c1cc2cc(C(F)(F)P(=O)(O)O)ccc2s1. The van der Waals surface area contributed by atoms with E-state index in [0.29, 0.717) is 42.3 Å². The van der Waals surface area contributed by atoms with Crippen LogP contribution in [0.3, 0.4) is 0 Å². The highest BCUT2D eigenvalue weighted by atomic mass is 32.1. The molecule has 1 aromatic carbocycles. The summed E-state index contributed by atoms with van der Waals surface area (Å²) in [5, 5.41) is 14.3. The Morgan fingerprint density at radius 3 is 2.61 bits per heavy atom. The van der Waals surface area contributed by atoms with Crippen LogP contribution < -0.4 is 15.5 Å². The van der Waals surface area contributed by atoms with Crippen LogP contribution in [0.25, 0.3) is 10.1 Å². The Kier molecular flexibility index (Phi) is 7.86. The zero-order valence-corrected chi connectivity index (χ0v) is 26.3. The third-order valence-corrected chi connectivity index (χ3v) is 11.8. The second-order valence-corrected chi connectivity index (χ2v) is 15.4. The fourth-order valence-corrected chi connectivity index (χ4v) is 8.65. The molecule has 16 heteroatoms. The van der Waals surface area contributed by atoms with Crippen molar-refractivity contribution in [2.45, 2.75) is 68.4 Å². The molecule has 3 saturated heterocycles. The summed E-state index contributed by atoms with van der Waals surface area (Å²) in [6, 6.07) is 6.57. The van der Waals surface area contributed by atoms with E-state index in [0.717, 1.165) is 55.1 Å². The van der Waals surface area contributed by atoms with E-state index < -0.39 is 36.8 Å². The number of carbonyl (C=O) groups is 3. The first-order chi connectivity index (χ1) is 21.9. The molecule has 1 saturated carbocycles. The second-order valence-electron chi connectivity index (χ2n) is 12.7. The molecule has 4 aliphatic rings. The molecule has 7 rings (SSSR count). The molecule has 12 nitrogen and oxygen atoms in total. The molecule has 244 valence electrons. The number of thiophene rings is 1. The van der Waals surface area contributed by atoms with Gasteiger partial charge in [-0.25, -0.2) is 0 Å². The zero-order chi connectivity index (χ0) is 32.4. The Hall–Kier alpha value is -3.52. The van der Waals surface area contributed by atoms with E-state index in [1.54, 1.807) is 11.1 Å². The molecule has 3 amide bonds. The number of nitrogens with zero attached hydrogens (tertiary/aromatic N) is 4. The lowest BCUT2D eigenvalue weighted by atomic mass is 9.99. The van der Waals surface area contributed by atoms with Crippen molar-refractivity contribution in [2.24, 2.45) is 11.8 Å². The monoisotopic (exact) mass is 674 g/mol. The molecule has 0 bridgehead atoms. The lowest BCUT2D eigenvalue weighted by Crippen LogP contribution is -2.57. The number of benzene rings is 1. The molecule has 1 aliphatic carbocycles. The van der Waals surface area contributed by atoms with Crippen LogP contribution in [0.2, 0.25) is 0 Å². The van der Waals surface area contributed by atoms with Gasteiger partial charge in [0, 0.05) is 41.6 Å². The Morgan fingerprint density at radius 1 is 1.04 bits per heavy atom. The highest BCUT2D eigenvalue weighted by Crippen LogP contribution is 2.59. The molecular formula is C30H33F2N6O6PS. The van der Waals surface area contributed by atoms with Gasteiger partial charge in [0.1, 0.15) is 12.1 Å². The topological polar surface area (TPSA) is 165 Å². The van der Waals surface area contributed by atoms with Gasteiger partial charge in [0.25, 0.3) is 5.91 Å². The van der Waals surface area contributed by atoms with Crippen LogP contribution in [0.15, 0.2) is 42.6 Å². The second kappa shape index (κ2) is 11.6. The van der Waals surface area contributed by atoms with Gasteiger partial charge < -0.3 is 30.2 Å². The first-order valence-electron chi connectivity index (χ1n) is 15.3. The van der Waals surface area contributed by atoms with Gasteiger partial charge in [-0.2, -0.15) is 13.9 Å². The molecule has 3 aromatic rings. The molecule has 3 aliphatic heterocycles. The summed E-state index contributed by atoms with van der Waals surface area (Å²) in [6.07, 6.45) is 5.84. The van der Waals surface area contributed by atoms with Gasteiger partial charge in [0.05, 0.1) is 4.88 Å². The third kappa shape index (κ3) is 5.78. The number of carbonyl (C=O) groups excluding carboxylic acids is 3. The molecular weight excluding hydrogens is 641 g/mol. The smallest absolute Gasteiger partial charge is 0.353 e. The molecule has 5 heterocycles. The van der Waals surface area contributed by atoms with Crippen molar-refractivity contribution in [1.29, 1.82) is 0 Å². The summed E-state index contributed by atoms with van der Waals surface area (Å²) in [7, 11) is -5.75. The van der Waals surface area contributed by atoms with E-state index in [9.17, 15) is 27.7 Å². The minimum Gasteiger partial charge on any atom is -0.353 e. The average molecular weight is 675 g/mol. The maximum Gasteiger partial charge on any atom is 0.399 e. The molecule has 0 unspecified atom stereocenters. The number of halogens is 2. The maximum atomic E-state index is 14.3. The van der Waals surface area contributed by atoms with Crippen molar-refractivity contribution in [3.8, 4) is 0 Å². The van der Waals surface area contributed by atoms with Crippen molar-refractivity contribution >= 4 is 52.6 Å². The minimum atomic E-state index is -5.75. The minimum absolute atomic E-state index is 0.0870. The van der Waals surface area contributed by atoms with E-state index in [2.05, 4.69) is 25.7 Å². The predicted octanol–water partition coefficient (Wildman–Crippen LogP) is 3.20. The van der Waals surface area contributed by atoms with Gasteiger partial charge in [0.15, 0.2) is 5.82 Å². The van der Waals surface area contributed by atoms with E-state index >= 15 is 0 Å². The van der Waals surface area contributed by atoms with Crippen molar-refractivity contribution < 1.29 is 37.5 Å². The number of rotatable bonds is 7. The standard InChI is InChI=1S/C30H33F2N6O6PS/c31-30(32,45(42,43)44)19-3-6-24-18(11-19)14-25(46-24)28(40)35-22-13-17-10-16(17)12-21-4-5-23(38(21)29(22)41)27(39)34-20-7-9-37(15-20)26-2-1-8-33-36-26/h1-3,6,8,11,14,16-17,20-23H,4-5,7,9-10,12-13,15H2,(H,34,39)(H,35,40)(H2,42,43,44)/t16-,17+,20-,21-,22+,23+/m1/s1. The summed E-state index contributed by atoms with van der Waals surface area (Å²) in [5.74, 6) is 0.429. The Morgan fingerprint density at radius 2 is 1.85 bits per heavy atom. The molecule has 0 spiro atoms. The van der Waals surface area contributed by atoms with Crippen molar-refractivity contribution in [3.63, 3.8) is 0 Å². The number of fused-ring (bicyclic) bond motifs is 3. The lowest BCUT2D eigenvalue weighted by molar-refractivity contribution is -0.143. The molecule has 0 radical (unpaired) electrons. The summed E-state index contributed by atoms with van der Waals surface area (Å²) in [4.78, 5) is 63.3. The normalized spacial score (nSPS) is 28.0. The Bertz CT molecular complexity index is 1740. The number of anilines is 1. The maximum absolute atomic E-state index is 14.3. The number of hydrogen-bond donors (Lipinski definition) is 4. The molecule has 4 fully saturated rings. The summed E-state index contributed by atoms with van der Waals surface area (Å²) in [6.45, 7) is 1.31. The first kappa shape index (κ1) is 31.1. The van der Waals surface area contributed by atoms with Crippen LogP contribution in [0, 0.1) is 11.8 Å². The summed E-state index contributed by atoms with van der Waals surface area (Å²) in [5.41, 5.74) is -5.22. The van der Waals surface area contributed by atoms with Crippen LogP contribution in [0.1, 0.15) is 53.8 Å². The Balaban J connectivity index is 1.06. The average Bonchev–Trinajstić information content (AvgIpc) is 3.39. The largest absolute Gasteiger partial charge is 0.399 e. The highest BCUT2D eigenvalue weighted by molar-refractivity contribution is 7.52. The van der Waals surface area contributed by atoms with Gasteiger partial charge >= 0.3 is 13.3 Å². The van der Waals surface area contributed by atoms with Crippen LogP contribution in [0.4, 0.5) is 14.6 Å². The van der Waals surface area contributed by atoms with Gasteiger partial charge in [-0.1, -0.05) is 6.07 Å². The number of alkyl halides is 2. The number of amides is 3. The van der Waals surface area contributed by atoms with Crippen molar-refractivity contribution in [2.75, 3.05) is 18.0 Å². The molecule has 2 aromatic heterocycles. The van der Waals surface area contributed by atoms with Crippen LogP contribution in [-0.2, 0) is 19.8 Å². The van der Waals surface area contributed by atoms with Gasteiger partial charge in [-0.3, -0.25) is 18.9 Å². The number of nitrogens with one attached hydrogen (secondary N) is 2. The molecule has 4 N–H and O–H groups in total. The molecule has 6 atom stereocenters. The number of hydrogen-bond acceptors (Lipinski definition) is 8. The zero-order valence-electron chi connectivity index (χ0n) is 24.6. The third-order valence-electron chi connectivity index (χ3n) is 9.72. The van der Waals surface area contributed by atoms with E-state index in [1.807, 2.05) is 12.1 Å². The quantitative estimate of drug-likeness (QED) is 0.276. The lowest BCUT2D eigenvalue weighted by Gasteiger charge is -2.35. The van der Waals surface area contributed by atoms with Crippen LogP contribution in [0.5, 0.6) is 0 Å². The number of aromatic nitrogens is 2. The fraction of sp³-hybridized carbons (Fsp3) is 0.500. The molecule has 46 heavy (non-hydrogen) atoms. The fourth-order valence-electron chi connectivity index (χ4n) is 7.23. The van der Waals surface area contributed by atoms with E-state index in [-0.39, 0.29) is 34.2 Å². The first-order valence-corrected chi connectivity index (χ1v) is 17.8. The summed E-state index contributed by atoms with van der Waals surface area (Å²) >= 11 is 1.03. The highest BCUT2D eigenvalue weighted by Gasteiger charge is 2.52. The predicted molar refractivity (Wildman–Crippen MR) is 164 cm³/mol. The van der Waals surface area contributed by atoms with Crippen molar-refractivity contribution in [1.82, 2.24) is 25.7 Å². The Labute approximate surface area is 266 Å². The van der Waals surface area contributed by atoms with E-state index in [1.165, 1.54) is 12.1 Å². The van der Waals surface area contributed by atoms with Crippen LogP contribution >= 0.6 is 18.9 Å². The van der Waals surface area contributed by atoms with Gasteiger partial charge in [-0.15, -0.1) is 16.4 Å². The van der Waals surface area contributed by atoms with Crippen molar-refractivity contribution in [3.05, 3.63) is 53.0 Å². The van der Waals surface area contributed by atoms with Crippen LogP contribution in [-0.4, -0.2) is 79.9 Å². The van der Waals surface area contributed by atoms with Gasteiger partial charge in [0.2, 0.25) is 11.8 Å². The van der Waals surface area contributed by atoms with E-state index in [4.69, 9.17) is 9.79 Å². The summed E-state index contributed by atoms with van der Waals surface area (Å²) < 4.78 is 40.4.